The van der Waals surface area contributed by atoms with Gasteiger partial charge in [0.15, 0.2) is 6.17 Å². The fourth-order valence-electron chi connectivity index (χ4n) is 7.04. The molecule has 0 saturated carbocycles. The molecule has 0 N–H and O–H groups in total. The van der Waals surface area contributed by atoms with Crippen molar-refractivity contribution in [2.45, 2.75) is 18.5 Å². The van der Waals surface area contributed by atoms with Crippen LogP contribution in [-0.2, 0) is 0 Å². The van der Waals surface area contributed by atoms with Gasteiger partial charge in [0.2, 0.25) is 0 Å². The minimum atomic E-state index is -0.0853. The van der Waals surface area contributed by atoms with Crippen LogP contribution in [0.4, 0.5) is 0 Å². The lowest BCUT2D eigenvalue weighted by molar-refractivity contribution is 0.298. The third-order valence-electron chi connectivity index (χ3n) is 9.13. The van der Waals surface area contributed by atoms with Gasteiger partial charge in [-0.1, -0.05) is 127 Å². The van der Waals surface area contributed by atoms with Crippen LogP contribution in [0.3, 0.4) is 0 Å². The Kier molecular flexibility index (Phi) is 5.62. The number of benzene rings is 5. The summed E-state index contributed by atoms with van der Waals surface area (Å²) in [6.45, 7) is 0. The number of likely N-dealkylation sites (N-methyl/N-ethyl adjacent to an activating group) is 1. The predicted octanol–water partition coefficient (Wildman–Crippen LogP) is 8.36. The number of aromatic nitrogens is 1. The molecule has 0 amide bonds. The minimum Gasteiger partial charge on any atom is -0.357 e. The number of amidine groups is 1. The highest BCUT2D eigenvalue weighted by Crippen LogP contribution is 2.51. The van der Waals surface area contributed by atoms with Crippen molar-refractivity contribution < 1.29 is 0 Å². The van der Waals surface area contributed by atoms with Crippen LogP contribution in [0.1, 0.15) is 23.5 Å². The van der Waals surface area contributed by atoms with E-state index in [0.717, 1.165) is 11.4 Å². The first-order valence-electron chi connectivity index (χ1n) is 15.2. The molecule has 3 aliphatic heterocycles. The van der Waals surface area contributed by atoms with Crippen molar-refractivity contribution in [2.24, 2.45) is 4.99 Å². The lowest BCUT2D eigenvalue weighted by atomic mass is 10.0. The van der Waals surface area contributed by atoms with E-state index in [0.29, 0.717) is 0 Å². The number of para-hydroxylation sites is 1. The average molecular weight is 570 g/mol. The molecule has 5 aromatic carbocycles. The van der Waals surface area contributed by atoms with Crippen LogP contribution < -0.4 is 0 Å². The van der Waals surface area contributed by atoms with Crippen molar-refractivity contribution in [3.63, 3.8) is 0 Å². The van der Waals surface area contributed by atoms with Crippen molar-refractivity contribution in [1.29, 1.82) is 0 Å². The average Bonchev–Trinajstić information content (AvgIpc) is 3.55. The molecular weight excluding hydrogens is 538 g/mol. The Bertz CT molecular complexity index is 2110. The first kappa shape index (κ1) is 25.1. The van der Waals surface area contributed by atoms with Gasteiger partial charge in [0.25, 0.3) is 0 Å². The number of nitrogens with zero attached hydrogens (tertiary/aromatic N) is 5. The molecule has 6 aromatic rings. The van der Waals surface area contributed by atoms with Crippen LogP contribution in [0, 0.1) is 0 Å². The van der Waals surface area contributed by atoms with Gasteiger partial charge in [-0.15, -0.1) is 0 Å². The van der Waals surface area contributed by atoms with E-state index in [9.17, 15) is 0 Å². The molecule has 0 aliphatic carbocycles. The van der Waals surface area contributed by atoms with Crippen molar-refractivity contribution in [1.82, 2.24) is 19.5 Å². The highest BCUT2D eigenvalue weighted by Gasteiger charge is 2.57. The number of hydrogen-bond acceptors (Lipinski definition) is 4. The molecule has 0 spiro atoms. The number of aliphatic imine (C=N–C) groups is 1. The van der Waals surface area contributed by atoms with Crippen LogP contribution in [0.25, 0.3) is 32.9 Å². The Balaban J connectivity index is 1.11. The van der Waals surface area contributed by atoms with E-state index in [2.05, 4.69) is 178 Å². The highest BCUT2D eigenvalue weighted by molar-refractivity contribution is 6.09. The third-order valence-corrected chi connectivity index (χ3v) is 9.13. The first-order chi connectivity index (χ1) is 21.8. The van der Waals surface area contributed by atoms with Crippen molar-refractivity contribution in [3.05, 3.63) is 169 Å². The van der Waals surface area contributed by atoms with Gasteiger partial charge < -0.3 is 9.47 Å². The number of hydrogen-bond donors (Lipinski definition) is 0. The van der Waals surface area contributed by atoms with Crippen LogP contribution >= 0.6 is 0 Å². The van der Waals surface area contributed by atoms with Gasteiger partial charge >= 0.3 is 0 Å². The summed E-state index contributed by atoms with van der Waals surface area (Å²) >= 11 is 0. The number of hydrazine groups is 1. The number of fused-ring (bicyclic) bond motifs is 4. The molecule has 1 fully saturated rings. The van der Waals surface area contributed by atoms with Crippen LogP contribution in [0.2, 0.25) is 0 Å². The van der Waals surface area contributed by atoms with Crippen LogP contribution in [0.15, 0.2) is 162 Å². The van der Waals surface area contributed by atoms with Crippen molar-refractivity contribution in [3.8, 4) is 11.1 Å². The van der Waals surface area contributed by atoms with Gasteiger partial charge in [-0.05, 0) is 34.9 Å². The zero-order valence-corrected chi connectivity index (χ0v) is 24.4. The zero-order chi connectivity index (χ0) is 29.2. The van der Waals surface area contributed by atoms with Gasteiger partial charge in [0.05, 0.1) is 11.0 Å². The summed E-state index contributed by atoms with van der Waals surface area (Å²) in [6.07, 6.45) is 7.02. The molecule has 0 radical (unpaired) electrons. The SMILES string of the molecule is CN1C=C(C2N=C(c3ccccc3)N3C(c4ccccc4)N23)C=CC1n1c2ccccc2c2ccc(-c3ccccc3)cc21. The Morgan fingerprint density at radius 3 is 2.02 bits per heavy atom. The molecule has 9 rings (SSSR count). The maximum atomic E-state index is 5.27. The van der Waals surface area contributed by atoms with E-state index in [1.165, 1.54) is 44.1 Å². The smallest absolute Gasteiger partial charge is 0.151 e. The van der Waals surface area contributed by atoms with Gasteiger partial charge in [-0.2, -0.15) is 5.01 Å². The van der Waals surface area contributed by atoms with Gasteiger partial charge in [0, 0.05) is 35.2 Å². The highest BCUT2D eigenvalue weighted by atomic mass is 15.9. The monoisotopic (exact) mass is 569 g/mol. The molecule has 5 heteroatoms. The van der Waals surface area contributed by atoms with E-state index in [-0.39, 0.29) is 18.5 Å². The number of rotatable bonds is 5. The first-order valence-corrected chi connectivity index (χ1v) is 15.2. The summed E-state index contributed by atoms with van der Waals surface area (Å²) in [5.74, 6) is 1.03. The van der Waals surface area contributed by atoms with Gasteiger partial charge in [-0.3, -0.25) is 5.01 Å². The molecule has 0 bridgehead atoms. The second-order valence-electron chi connectivity index (χ2n) is 11.8. The maximum absolute atomic E-state index is 5.27. The predicted molar refractivity (Wildman–Crippen MR) is 179 cm³/mol. The fraction of sp³-hybridized carbons (Fsp3) is 0.103. The molecule has 4 unspecified atom stereocenters. The van der Waals surface area contributed by atoms with Gasteiger partial charge in [0.1, 0.15) is 18.2 Å². The topological polar surface area (TPSA) is 26.5 Å². The standard InChI is InChI=1S/C39H31N5/c1-41-26-31(38-40-37(28-15-7-3-8-16-28)43-39(44(38)43)29-17-9-4-10-18-29)22-24-36(41)42-34-20-12-11-19-32(34)33-23-21-30(25-35(33)42)27-13-5-2-6-14-27/h2-26,36,38-39H,1H3. The van der Waals surface area contributed by atoms with E-state index >= 15 is 0 Å². The lowest BCUT2D eigenvalue weighted by Crippen LogP contribution is -2.29. The Labute approximate surface area is 256 Å². The van der Waals surface area contributed by atoms with E-state index < -0.39 is 0 Å². The van der Waals surface area contributed by atoms with E-state index in [1.54, 1.807) is 0 Å². The van der Waals surface area contributed by atoms with E-state index in [4.69, 9.17) is 4.99 Å². The minimum absolute atomic E-state index is 0.0291. The van der Waals surface area contributed by atoms with Crippen LogP contribution in [0.5, 0.6) is 0 Å². The molecule has 1 aromatic heterocycles. The second-order valence-corrected chi connectivity index (χ2v) is 11.8. The molecule has 3 aliphatic rings. The third kappa shape index (κ3) is 3.86. The summed E-state index contributed by atoms with van der Waals surface area (Å²) < 4.78 is 2.48. The summed E-state index contributed by atoms with van der Waals surface area (Å²) in [5.41, 5.74) is 8.53. The Hall–Kier alpha value is -5.39. The maximum Gasteiger partial charge on any atom is 0.151 e. The molecule has 5 nitrogen and oxygen atoms in total. The van der Waals surface area contributed by atoms with Crippen molar-refractivity contribution in [2.75, 3.05) is 7.05 Å². The molecule has 4 heterocycles. The summed E-state index contributed by atoms with van der Waals surface area (Å²) in [4.78, 5) is 7.60. The molecule has 212 valence electrons. The van der Waals surface area contributed by atoms with Gasteiger partial charge in [-0.25, -0.2) is 4.99 Å². The summed E-state index contributed by atoms with van der Waals surface area (Å²) in [6, 6.07) is 47.5. The quantitative estimate of drug-likeness (QED) is 0.195. The fourth-order valence-corrected chi connectivity index (χ4v) is 7.04. The lowest BCUT2D eigenvalue weighted by Gasteiger charge is -2.32. The van der Waals surface area contributed by atoms with E-state index in [1.807, 2.05) is 0 Å². The molecule has 44 heavy (non-hydrogen) atoms. The molecular formula is C39H31N5. The summed E-state index contributed by atoms with van der Waals surface area (Å²) in [5, 5.41) is 7.29. The largest absolute Gasteiger partial charge is 0.357 e. The molecule has 4 atom stereocenters. The Morgan fingerprint density at radius 1 is 0.614 bits per heavy atom. The summed E-state index contributed by atoms with van der Waals surface area (Å²) in [7, 11) is 2.18. The normalized spacial score (nSPS) is 22.3. The molecule has 1 saturated heterocycles. The second kappa shape index (κ2) is 9.83. The van der Waals surface area contributed by atoms with Crippen LogP contribution in [-0.4, -0.2) is 38.5 Å². The Morgan fingerprint density at radius 2 is 1.27 bits per heavy atom. The van der Waals surface area contributed by atoms with Crippen molar-refractivity contribution >= 4 is 27.6 Å². The zero-order valence-electron chi connectivity index (χ0n) is 24.4.